The highest BCUT2D eigenvalue weighted by Gasteiger charge is 2.23. The summed E-state index contributed by atoms with van der Waals surface area (Å²) in [7, 11) is 5.26. The third-order valence-electron chi connectivity index (χ3n) is 3.19. The van der Waals surface area contributed by atoms with Crippen LogP contribution < -0.4 is 4.74 Å². The number of hydrogen-bond acceptors (Lipinski definition) is 6. The molecule has 1 aromatic carbocycles. The van der Waals surface area contributed by atoms with Crippen molar-refractivity contribution in [3.8, 4) is 5.75 Å². The van der Waals surface area contributed by atoms with E-state index in [9.17, 15) is 14.5 Å². The minimum atomic E-state index is -0.773. The quantitative estimate of drug-likeness (QED) is 0.450. The van der Waals surface area contributed by atoms with Gasteiger partial charge >= 0.3 is 0 Å². The lowest BCUT2D eigenvalue weighted by Gasteiger charge is -2.32. The summed E-state index contributed by atoms with van der Waals surface area (Å²) < 4.78 is 5.60. The Kier molecular flexibility index (Phi) is 5.38. The Hall–Kier alpha value is -1.83. The van der Waals surface area contributed by atoms with Crippen LogP contribution in [0.2, 0.25) is 0 Å². The molecule has 1 heterocycles. The summed E-state index contributed by atoms with van der Waals surface area (Å²) >= 11 is 1.73. The predicted octanol–water partition coefficient (Wildman–Crippen LogP) is 1.35. The maximum Gasteiger partial charge on any atom is 0.210 e. The van der Waals surface area contributed by atoms with E-state index >= 15 is 0 Å². The fraction of sp³-hybridized carbons (Fsp3) is 0.385. The number of carbonyl (C=O) groups excluding carboxylic acids is 2. The van der Waals surface area contributed by atoms with Crippen molar-refractivity contribution in [3.63, 3.8) is 0 Å². The van der Waals surface area contributed by atoms with Crippen LogP contribution in [0.5, 0.6) is 5.75 Å². The molecule has 0 spiro atoms. The van der Waals surface area contributed by atoms with E-state index in [1.807, 2.05) is 0 Å². The number of hydrogen-bond donors (Lipinski definition) is 0. The molecule has 1 unspecified atom stereocenters. The zero-order valence-corrected chi connectivity index (χ0v) is 12.0. The maximum atomic E-state index is 11.4. The van der Waals surface area contributed by atoms with Gasteiger partial charge in [0.15, 0.2) is 7.85 Å². The van der Waals surface area contributed by atoms with Crippen molar-refractivity contribution in [2.45, 2.75) is 6.04 Å². The molecule has 1 saturated heterocycles. The molecule has 0 aliphatic carbocycles. The third kappa shape index (κ3) is 3.63. The largest absolute Gasteiger partial charge is 0.491 e. The summed E-state index contributed by atoms with van der Waals surface area (Å²) in [4.78, 5) is 34.8. The Bertz CT molecular complexity index is 555. The van der Waals surface area contributed by atoms with Crippen LogP contribution in [0.3, 0.4) is 0 Å². The van der Waals surface area contributed by atoms with Gasteiger partial charge in [-0.05, 0) is 17.3 Å². The second-order valence-electron chi connectivity index (χ2n) is 4.49. The summed E-state index contributed by atoms with van der Waals surface area (Å²) in [6.07, 6.45) is 0.798. The van der Waals surface area contributed by atoms with Gasteiger partial charge in [0.25, 0.3) is 0 Å². The molecule has 2 radical (unpaired) electrons. The van der Waals surface area contributed by atoms with Crippen molar-refractivity contribution in [2.75, 3.05) is 24.7 Å². The van der Waals surface area contributed by atoms with Crippen molar-refractivity contribution in [2.24, 2.45) is 5.18 Å². The van der Waals surface area contributed by atoms with Crippen molar-refractivity contribution in [1.29, 1.82) is 0 Å². The highest BCUT2D eigenvalue weighted by atomic mass is 32.2. The smallest absolute Gasteiger partial charge is 0.210 e. The van der Waals surface area contributed by atoms with Gasteiger partial charge in [-0.1, -0.05) is 6.07 Å². The zero-order valence-electron chi connectivity index (χ0n) is 11.2. The van der Waals surface area contributed by atoms with Crippen LogP contribution >= 0.6 is 11.8 Å². The number of benzene rings is 1. The van der Waals surface area contributed by atoms with Crippen molar-refractivity contribution in [1.82, 2.24) is 4.90 Å². The first kappa shape index (κ1) is 15.6. The topological polar surface area (TPSA) is 76.0 Å². The van der Waals surface area contributed by atoms with E-state index in [4.69, 9.17) is 12.6 Å². The predicted molar refractivity (Wildman–Crippen MR) is 81.4 cm³/mol. The van der Waals surface area contributed by atoms with Crippen LogP contribution in [0.1, 0.15) is 10.4 Å². The molecule has 1 fully saturated rings. The SMILES string of the molecule is [B]C(=O)c1c(N=O)cccc1OCC1CSCCN1C=O. The summed E-state index contributed by atoms with van der Waals surface area (Å²) in [5.74, 6) is 1.86. The fourth-order valence-corrected chi connectivity index (χ4v) is 3.17. The number of thioether (sulfide) groups is 1. The van der Waals surface area contributed by atoms with Gasteiger partial charge < -0.3 is 14.4 Å². The lowest BCUT2D eigenvalue weighted by molar-refractivity contribution is -0.120. The van der Waals surface area contributed by atoms with Gasteiger partial charge in [0, 0.05) is 18.1 Å². The Morgan fingerprint density at radius 2 is 2.38 bits per heavy atom. The third-order valence-corrected chi connectivity index (χ3v) is 4.28. The van der Waals surface area contributed by atoms with Gasteiger partial charge in [-0.2, -0.15) is 11.8 Å². The molecule has 1 aliphatic rings. The summed E-state index contributed by atoms with van der Waals surface area (Å²) in [6, 6.07) is 4.44. The van der Waals surface area contributed by atoms with Crippen molar-refractivity contribution < 1.29 is 14.3 Å². The summed E-state index contributed by atoms with van der Waals surface area (Å²) in [5, 5.41) is 2.78. The molecule has 0 aromatic heterocycles. The van der Waals surface area contributed by atoms with Crippen molar-refractivity contribution >= 4 is 37.4 Å². The molecular formula is C13H13BN2O4S. The van der Waals surface area contributed by atoms with Crippen LogP contribution in [0.25, 0.3) is 0 Å². The van der Waals surface area contributed by atoms with Crippen LogP contribution in [0.15, 0.2) is 23.4 Å². The number of ether oxygens (including phenoxy) is 1. The minimum Gasteiger partial charge on any atom is -0.491 e. The van der Waals surface area contributed by atoms with Gasteiger partial charge in [-0.15, -0.1) is 4.91 Å². The number of amides is 1. The molecule has 8 heteroatoms. The summed E-state index contributed by atoms with van der Waals surface area (Å²) in [5.41, 5.74) is -0.857. The highest BCUT2D eigenvalue weighted by molar-refractivity contribution is 7.99. The van der Waals surface area contributed by atoms with E-state index in [1.165, 1.54) is 6.07 Å². The van der Waals surface area contributed by atoms with E-state index in [0.717, 1.165) is 17.9 Å². The molecule has 1 aromatic rings. The van der Waals surface area contributed by atoms with Gasteiger partial charge in [0.1, 0.15) is 23.7 Å². The molecule has 1 atom stereocenters. The van der Waals surface area contributed by atoms with Crippen LogP contribution in [-0.4, -0.2) is 55.5 Å². The Morgan fingerprint density at radius 1 is 1.57 bits per heavy atom. The van der Waals surface area contributed by atoms with E-state index in [0.29, 0.717) is 6.54 Å². The number of rotatable bonds is 6. The Labute approximate surface area is 127 Å². The number of nitrogens with zero attached hydrogens (tertiary/aromatic N) is 2. The van der Waals surface area contributed by atoms with Gasteiger partial charge in [0.05, 0.1) is 11.6 Å². The second-order valence-corrected chi connectivity index (χ2v) is 5.64. The Balaban J connectivity index is 2.14. The normalized spacial score (nSPS) is 18.1. The standard InChI is InChI=1S/C13H13BN2O4S/c14-13(18)12-10(15-19)2-1-3-11(12)20-6-9-7-21-5-4-16(9)8-17/h1-3,8-9H,4-7H2. The molecule has 1 aliphatic heterocycles. The number of nitroso groups, excluding NO2 is 1. The lowest BCUT2D eigenvalue weighted by atomic mass is 9.93. The molecular weight excluding hydrogens is 291 g/mol. The van der Waals surface area contributed by atoms with E-state index in [-0.39, 0.29) is 29.6 Å². The molecule has 0 N–H and O–H groups in total. The maximum absolute atomic E-state index is 11.4. The highest BCUT2D eigenvalue weighted by Crippen LogP contribution is 2.29. The second kappa shape index (κ2) is 7.26. The molecule has 0 saturated carbocycles. The summed E-state index contributed by atoms with van der Waals surface area (Å²) in [6.45, 7) is 0.898. The first-order valence-electron chi connectivity index (χ1n) is 6.35. The Morgan fingerprint density at radius 3 is 3.05 bits per heavy atom. The number of carbonyl (C=O) groups is 2. The van der Waals surface area contributed by atoms with Crippen LogP contribution in [-0.2, 0) is 4.79 Å². The zero-order chi connectivity index (χ0) is 15.2. The average molecular weight is 304 g/mol. The van der Waals surface area contributed by atoms with Gasteiger partial charge in [-0.25, -0.2) is 0 Å². The average Bonchev–Trinajstić information content (AvgIpc) is 2.52. The fourth-order valence-electron chi connectivity index (χ4n) is 2.10. The van der Waals surface area contributed by atoms with E-state index < -0.39 is 5.68 Å². The molecule has 2 rings (SSSR count). The van der Waals surface area contributed by atoms with Crippen molar-refractivity contribution in [3.05, 3.63) is 28.7 Å². The first-order chi connectivity index (χ1) is 10.2. The monoisotopic (exact) mass is 304 g/mol. The molecule has 6 nitrogen and oxygen atoms in total. The first-order valence-corrected chi connectivity index (χ1v) is 7.50. The molecule has 0 bridgehead atoms. The lowest BCUT2D eigenvalue weighted by Crippen LogP contribution is -2.44. The van der Waals surface area contributed by atoms with E-state index in [2.05, 4.69) is 5.18 Å². The van der Waals surface area contributed by atoms with Crippen LogP contribution in [0.4, 0.5) is 5.69 Å². The minimum absolute atomic E-state index is 0.0337. The van der Waals surface area contributed by atoms with E-state index in [1.54, 1.807) is 28.8 Å². The molecule has 108 valence electrons. The van der Waals surface area contributed by atoms with Gasteiger partial charge in [-0.3, -0.25) is 4.79 Å². The molecule has 1 amide bonds. The molecule has 21 heavy (non-hydrogen) atoms. The van der Waals surface area contributed by atoms with Crippen LogP contribution in [0, 0.1) is 4.91 Å². The van der Waals surface area contributed by atoms with Gasteiger partial charge in [0.2, 0.25) is 6.41 Å².